The van der Waals surface area contributed by atoms with Crippen molar-refractivity contribution in [1.82, 2.24) is 19.6 Å². The quantitative estimate of drug-likeness (QED) is 0.150. The van der Waals surface area contributed by atoms with Gasteiger partial charge in [-0.15, -0.1) is 0 Å². The number of rotatable bonds is 17. The summed E-state index contributed by atoms with van der Waals surface area (Å²) in [7, 11) is 4.84. The van der Waals surface area contributed by atoms with Gasteiger partial charge in [0.1, 0.15) is 34.2 Å². The van der Waals surface area contributed by atoms with Crippen LogP contribution >= 0.6 is 0 Å². The molecule has 0 spiro atoms. The maximum absolute atomic E-state index is 13.6. The molecule has 1 N–H and O–H groups in total. The van der Waals surface area contributed by atoms with E-state index >= 15 is 0 Å². The Morgan fingerprint density at radius 3 is 1.39 bits per heavy atom. The van der Waals surface area contributed by atoms with Crippen LogP contribution in [0, 0.1) is 0 Å². The first-order valence-electron chi connectivity index (χ1n) is 22.9. The van der Waals surface area contributed by atoms with Crippen molar-refractivity contribution in [2.75, 3.05) is 73.9 Å². The van der Waals surface area contributed by atoms with E-state index in [0.29, 0.717) is 87.4 Å². The lowest BCUT2D eigenvalue weighted by atomic mass is 10.0. The number of ether oxygens (including phenoxy) is 7. The Morgan fingerprint density at radius 1 is 0.621 bits per heavy atom. The number of amides is 4. The SMILES string of the molecule is C.COCCCOc1cc(O)cc(C(=O)N(C(C)C)[C@@H]2CCCN(C(=O)OC(C)(C)C)C2)c1.COCCCOc1cc(OC)cc(C(=O)N(C(C)C)[C@@H]2CCCN(C(=O)OC(C)(C)C)C2)c1. The number of carbonyl (C=O) groups is 4. The van der Waals surface area contributed by atoms with Crippen LogP contribution in [0.5, 0.6) is 23.0 Å². The van der Waals surface area contributed by atoms with Gasteiger partial charge in [0.2, 0.25) is 0 Å². The lowest BCUT2D eigenvalue weighted by Crippen LogP contribution is -2.54. The molecule has 0 aliphatic carbocycles. The van der Waals surface area contributed by atoms with Crippen molar-refractivity contribution in [3.05, 3.63) is 47.5 Å². The number of aromatic hydroxyl groups is 1. The summed E-state index contributed by atoms with van der Waals surface area (Å²) in [5.41, 5.74) is -0.273. The smallest absolute Gasteiger partial charge is 0.410 e. The molecule has 0 radical (unpaired) electrons. The van der Waals surface area contributed by atoms with Gasteiger partial charge in [0.05, 0.1) is 32.4 Å². The molecule has 0 aromatic heterocycles. The molecule has 16 nitrogen and oxygen atoms in total. The largest absolute Gasteiger partial charge is 0.508 e. The second-order valence-electron chi connectivity index (χ2n) is 19.1. The predicted octanol–water partition coefficient (Wildman–Crippen LogP) is 9.05. The first-order chi connectivity index (χ1) is 30.6. The van der Waals surface area contributed by atoms with Crippen LogP contribution in [-0.4, -0.2) is 158 Å². The van der Waals surface area contributed by atoms with Crippen LogP contribution in [0.4, 0.5) is 9.59 Å². The van der Waals surface area contributed by atoms with E-state index in [1.807, 2.05) is 74.1 Å². The lowest BCUT2D eigenvalue weighted by molar-refractivity contribution is 0.00724. The summed E-state index contributed by atoms with van der Waals surface area (Å²) in [6, 6.07) is 9.48. The van der Waals surface area contributed by atoms with Gasteiger partial charge in [-0.05, 0) is 119 Å². The molecule has 2 aliphatic heterocycles. The van der Waals surface area contributed by atoms with E-state index in [4.69, 9.17) is 33.2 Å². The number of phenols is 1. The number of carbonyl (C=O) groups excluding carboxylic acids is 4. The van der Waals surface area contributed by atoms with Gasteiger partial charge in [0.15, 0.2) is 0 Å². The topological polar surface area (TPSA) is 166 Å². The van der Waals surface area contributed by atoms with Gasteiger partial charge in [-0.3, -0.25) is 9.59 Å². The summed E-state index contributed by atoms with van der Waals surface area (Å²) in [5, 5.41) is 10.2. The van der Waals surface area contributed by atoms with Crippen molar-refractivity contribution in [3.8, 4) is 23.0 Å². The Morgan fingerprint density at radius 2 is 1.02 bits per heavy atom. The van der Waals surface area contributed by atoms with Crippen molar-refractivity contribution in [1.29, 1.82) is 0 Å². The van der Waals surface area contributed by atoms with Crippen LogP contribution < -0.4 is 14.2 Å². The molecule has 4 rings (SSSR count). The maximum Gasteiger partial charge on any atom is 0.410 e. The highest BCUT2D eigenvalue weighted by Gasteiger charge is 2.36. The number of benzene rings is 2. The van der Waals surface area contributed by atoms with Gasteiger partial charge in [-0.1, -0.05) is 7.43 Å². The molecule has 0 bridgehead atoms. The van der Waals surface area contributed by atoms with E-state index in [2.05, 4.69) is 0 Å². The number of phenolic OH excluding ortho intramolecular Hbond substituents is 1. The monoisotopic (exact) mass is 931 g/mol. The summed E-state index contributed by atoms with van der Waals surface area (Å²) >= 11 is 0. The number of piperidine rings is 2. The molecular formula is C50H82N4O12. The average molecular weight is 931 g/mol. The molecule has 2 aromatic rings. The molecule has 2 aliphatic rings. The van der Waals surface area contributed by atoms with Crippen LogP contribution in [0.25, 0.3) is 0 Å². The lowest BCUT2D eigenvalue weighted by Gasteiger charge is -2.41. The minimum atomic E-state index is -0.571. The summed E-state index contributed by atoms with van der Waals surface area (Å²) in [4.78, 5) is 59.4. The highest BCUT2D eigenvalue weighted by molar-refractivity contribution is 5.96. The first-order valence-corrected chi connectivity index (χ1v) is 22.9. The number of hydrogen-bond acceptors (Lipinski definition) is 12. The summed E-state index contributed by atoms with van der Waals surface area (Å²) in [6.07, 6.45) is 3.98. The number of likely N-dealkylation sites (tertiary alicyclic amines) is 2. The minimum Gasteiger partial charge on any atom is -0.508 e. The molecule has 4 amide bonds. The molecule has 374 valence electrons. The molecule has 2 heterocycles. The van der Waals surface area contributed by atoms with Crippen LogP contribution in [0.2, 0.25) is 0 Å². The fraction of sp³-hybridized carbons (Fsp3) is 0.680. The van der Waals surface area contributed by atoms with Crippen molar-refractivity contribution < 1.29 is 57.4 Å². The van der Waals surface area contributed by atoms with Gasteiger partial charge < -0.3 is 57.9 Å². The molecule has 2 atom stereocenters. The normalized spacial score (nSPS) is 16.3. The van der Waals surface area contributed by atoms with Crippen LogP contribution in [-0.2, 0) is 18.9 Å². The van der Waals surface area contributed by atoms with E-state index in [-0.39, 0.29) is 61.3 Å². The summed E-state index contributed by atoms with van der Waals surface area (Å²) in [5.74, 6) is 1.24. The Hall–Kier alpha value is -4.96. The standard InChI is InChI=1S/C25H40N2O6.C24H38N2O6.CH4/c1-18(2)27(20-10-8-11-26(17-20)24(29)33-25(3,4)5)23(28)19-14-21(31-7)16-22(15-19)32-13-9-12-30-6;1-17(2)26(19-9-7-10-25(16-19)23(29)32-24(3,4)5)22(28)18-13-20(27)15-21(14-18)31-12-8-11-30-6;/h14-16,18,20H,8-13,17H2,1-7H3;13-15,17,19,27H,7-12,16H2,1-6H3;1H4/t20-;19-;/m11./s1. The molecule has 16 heteroatoms. The molecule has 0 unspecified atom stereocenters. The first kappa shape index (κ1) is 57.2. The van der Waals surface area contributed by atoms with Crippen molar-refractivity contribution in [2.45, 2.75) is 151 Å². The molecule has 2 aromatic carbocycles. The highest BCUT2D eigenvalue weighted by Crippen LogP contribution is 2.29. The number of nitrogens with zero attached hydrogens (tertiary/aromatic N) is 4. The zero-order valence-electron chi connectivity index (χ0n) is 41.4. The van der Waals surface area contributed by atoms with E-state index in [9.17, 15) is 24.3 Å². The Balaban J connectivity index is 0.000000447. The van der Waals surface area contributed by atoms with Gasteiger partial charge >= 0.3 is 12.2 Å². The Labute approximate surface area is 395 Å². The predicted molar refractivity (Wildman–Crippen MR) is 256 cm³/mol. The van der Waals surface area contributed by atoms with Crippen LogP contribution in [0.15, 0.2) is 36.4 Å². The summed E-state index contributed by atoms with van der Waals surface area (Å²) in [6.45, 7) is 23.2. The zero-order valence-corrected chi connectivity index (χ0v) is 41.4. The van der Waals surface area contributed by atoms with Gasteiger partial charge in [-0.25, -0.2) is 9.59 Å². The van der Waals surface area contributed by atoms with Crippen molar-refractivity contribution in [3.63, 3.8) is 0 Å². The van der Waals surface area contributed by atoms with Crippen molar-refractivity contribution >= 4 is 24.0 Å². The highest BCUT2D eigenvalue weighted by atomic mass is 16.6. The van der Waals surface area contributed by atoms with Gasteiger partial charge in [-0.2, -0.15) is 0 Å². The number of hydrogen-bond donors (Lipinski definition) is 1. The van der Waals surface area contributed by atoms with Crippen LogP contribution in [0.1, 0.15) is 136 Å². The minimum absolute atomic E-state index is 0. The van der Waals surface area contributed by atoms with Crippen LogP contribution in [0.3, 0.4) is 0 Å². The third kappa shape index (κ3) is 18.7. The molecule has 0 saturated carbocycles. The van der Waals surface area contributed by atoms with Gasteiger partial charge in [0.25, 0.3) is 11.8 Å². The molecule has 66 heavy (non-hydrogen) atoms. The Bertz CT molecular complexity index is 1830. The van der Waals surface area contributed by atoms with E-state index in [0.717, 1.165) is 32.1 Å². The molecule has 2 fully saturated rings. The number of methoxy groups -OCH3 is 3. The maximum atomic E-state index is 13.6. The fourth-order valence-electron chi connectivity index (χ4n) is 7.76. The Kier molecular flexibility index (Phi) is 23.4. The van der Waals surface area contributed by atoms with E-state index in [1.54, 1.807) is 60.3 Å². The zero-order chi connectivity index (χ0) is 48.5. The fourth-order valence-corrected chi connectivity index (χ4v) is 7.76. The molecule has 2 saturated heterocycles. The second kappa shape index (κ2) is 27.0. The third-order valence-corrected chi connectivity index (χ3v) is 10.5. The van der Waals surface area contributed by atoms with E-state index in [1.165, 1.54) is 12.1 Å². The van der Waals surface area contributed by atoms with Gasteiger partial charge in [0, 0.05) is 102 Å². The summed E-state index contributed by atoms with van der Waals surface area (Å²) < 4.78 is 38.1. The van der Waals surface area contributed by atoms with Crippen molar-refractivity contribution in [2.24, 2.45) is 0 Å². The van der Waals surface area contributed by atoms with E-state index < -0.39 is 11.2 Å². The molecular weight excluding hydrogens is 849 g/mol. The second-order valence-corrected chi connectivity index (χ2v) is 19.1. The average Bonchev–Trinajstić information content (AvgIpc) is 3.22. The third-order valence-electron chi connectivity index (χ3n) is 10.5.